The molecule has 9 heavy (non-hydrogen) atoms. The average Bonchev–Trinajstić information content (AvgIpc) is 1.64. The molecule has 4 nitrogen and oxygen atoms in total. The van der Waals surface area contributed by atoms with E-state index in [0.717, 1.165) is 0 Å². The summed E-state index contributed by atoms with van der Waals surface area (Å²) < 4.78 is 0. The lowest BCUT2D eigenvalue weighted by atomic mass is 10.1. The van der Waals surface area contributed by atoms with Gasteiger partial charge in [-0.1, -0.05) is 11.7 Å². The van der Waals surface area contributed by atoms with Crippen LogP contribution in [0.25, 0.3) is 10.4 Å². The van der Waals surface area contributed by atoms with Gasteiger partial charge in [0, 0.05) is 10.6 Å². The molecule has 0 spiro atoms. The van der Waals surface area contributed by atoms with Gasteiger partial charge in [0.05, 0.1) is 5.60 Å². The van der Waals surface area contributed by atoms with E-state index in [1.54, 1.807) is 0 Å². The summed E-state index contributed by atoms with van der Waals surface area (Å²) in [6.45, 7) is 6.35. The fraction of sp³-hybridized carbons (Fsp3) is 0.600. The molecule has 0 bridgehead atoms. The number of hydrogen-bond donors (Lipinski definition) is 1. The Balaban J connectivity index is 4.22. The predicted octanol–water partition coefficient (Wildman–Crippen LogP) is 1.58. The van der Waals surface area contributed by atoms with Crippen LogP contribution in [-0.4, -0.2) is 10.7 Å². The van der Waals surface area contributed by atoms with Crippen LogP contribution >= 0.6 is 0 Å². The Morgan fingerprint density at radius 2 is 2.22 bits per heavy atom. The summed E-state index contributed by atoms with van der Waals surface area (Å²) >= 11 is 0. The van der Waals surface area contributed by atoms with Crippen LogP contribution in [0.1, 0.15) is 13.8 Å². The summed E-state index contributed by atoms with van der Waals surface area (Å²) in [5, 5.41) is 12.2. The van der Waals surface area contributed by atoms with Gasteiger partial charge in [0.15, 0.2) is 0 Å². The van der Waals surface area contributed by atoms with Crippen molar-refractivity contribution in [3.8, 4) is 0 Å². The first-order chi connectivity index (χ1) is 3.98. The fourth-order valence-electron chi connectivity index (χ4n) is 0.176. The summed E-state index contributed by atoms with van der Waals surface area (Å²) in [4.78, 5) is 2.47. The van der Waals surface area contributed by atoms with Crippen molar-refractivity contribution in [3.63, 3.8) is 0 Å². The van der Waals surface area contributed by atoms with Gasteiger partial charge in [-0.05, 0) is 19.4 Å². The number of rotatable bonds is 2. The molecule has 0 aromatic carbocycles. The van der Waals surface area contributed by atoms with Gasteiger partial charge < -0.3 is 5.11 Å². The van der Waals surface area contributed by atoms with Crippen molar-refractivity contribution in [2.45, 2.75) is 19.4 Å². The molecular weight excluding hydrogens is 118 g/mol. The largest absolute Gasteiger partial charge is 0.386 e. The third-order valence-electron chi connectivity index (χ3n) is 0.872. The van der Waals surface area contributed by atoms with E-state index in [1.165, 1.54) is 13.8 Å². The Bertz CT molecular complexity index is 162. The summed E-state index contributed by atoms with van der Waals surface area (Å²) in [5.41, 5.74) is 6.91. The number of azide groups is 1. The Kier molecular flexibility index (Phi) is 2.25. The van der Waals surface area contributed by atoms with E-state index in [-0.39, 0.29) is 5.70 Å². The number of hydrogen-bond acceptors (Lipinski definition) is 2. The van der Waals surface area contributed by atoms with Gasteiger partial charge in [0.2, 0.25) is 0 Å². The molecular formula is C5H9N3O. The predicted molar refractivity (Wildman–Crippen MR) is 34.6 cm³/mol. The molecule has 0 atom stereocenters. The minimum Gasteiger partial charge on any atom is -0.386 e. The second-order valence-electron chi connectivity index (χ2n) is 2.20. The molecule has 50 valence electrons. The molecule has 0 amide bonds. The summed E-state index contributed by atoms with van der Waals surface area (Å²) in [7, 11) is 0. The Labute approximate surface area is 53.4 Å². The van der Waals surface area contributed by atoms with Crippen LogP contribution in [0.5, 0.6) is 0 Å². The highest BCUT2D eigenvalue weighted by atomic mass is 16.3. The van der Waals surface area contributed by atoms with Gasteiger partial charge in [-0.15, -0.1) is 0 Å². The van der Waals surface area contributed by atoms with Crippen LogP contribution in [0.15, 0.2) is 17.4 Å². The zero-order valence-corrected chi connectivity index (χ0v) is 5.50. The lowest BCUT2D eigenvalue weighted by Crippen LogP contribution is -2.19. The molecule has 0 unspecified atom stereocenters. The Morgan fingerprint density at radius 3 is 2.33 bits per heavy atom. The van der Waals surface area contributed by atoms with E-state index >= 15 is 0 Å². The maximum atomic E-state index is 9.05. The minimum atomic E-state index is -1.10. The van der Waals surface area contributed by atoms with E-state index in [4.69, 9.17) is 10.6 Å². The van der Waals surface area contributed by atoms with Crippen molar-refractivity contribution >= 4 is 0 Å². The van der Waals surface area contributed by atoms with Crippen molar-refractivity contribution in [3.05, 3.63) is 22.7 Å². The molecule has 1 N–H and O–H groups in total. The second kappa shape index (κ2) is 2.53. The van der Waals surface area contributed by atoms with Gasteiger partial charge in [-0.2, -0.15) is 0 Å². The van der Waals surface area contributed by atoms with E-state index in [2.05, 4.69) is 16.6 Å². The lowest BCUT2D eigenvalue weighted by Gasteiger charge is -2.14. The first-order valence-corrected chi connectivity index (χ1v) is 2.45. The Morgan fingerprint density at radius 1 is 1.78 bits per heavy atom. The van der Waals surface area contributed by atoms with Crippen LogP contribution in [0.2, 0.25) is 0 Å². The number of nitrogens with zero attached hydrogens (tertiary/aromatic N) is 3. The van der Waals surface area contributed by atoms with Crippen LogP contribution in [0.4, 0.5) is 0 Å². The molecule has 4 heteroatoms. The second-order valence-corrected chi connectivity index (χ2v) is 2.20. The first-order valence-electron chi connectivity index (χ1n) is 2.45. The molecule has 0 aliphatic rings. The van der Waals surface area contributed by atoms with Crippen LogP contribution in [-0.2, 0) is 0 Å². The van der Waals surface area contributed by atoms with E-state index in [0.29, 0.717) is 0 Å². The molecule has 0 fully saturated rings. The van der Waals surface area contributed by atoms with E-state index in [9.17, 15) is 0 Å². The molecule has 0 aliphatic heterocycles. The topological polar surface area (TPSA) is 69.0 Å². The van der Waals surface area contributed by atoms with Crippen molar-refractivity contribution in [1.82, 2.24) is 0 Å². The van der Waals surface area contributed by atoms with Gasteiger partial charge >= 0.3 is 0 Å². The maximum Gasteiger partial charge on any atom is 0.0859 e. The van der Waals surface area contributed by atoms with Crippen molar-refractivity contribution in [1.29, 1.82) is 0 Å². The zero-order chi connectivity index (χ0) is 7.49. The summed E-state index contributed by atoms with van der Waals surface area (Å²) in [6, 6.07) is 0. The molecule has 0 rings (SSSR count). The molecule has 0 radical (unpaired) electrons. The molecule has 0 aromatic heterocycles. The fourth-order valence-corrected chi connectivity index (χ4v) is 0.176. The lowest BCUT2D eigenvalue weighted by molar-refractivity contribution is 0.119. The average molecular weight is 127 g/mol. The smallest absolute Gasteiger partial charge is 0.0859 e. The van der Waals surface area contributed by atoms with Gasteiger partial charge in [-0.25, -0.2) is 0 Å². The molecule has 0 aliphatic carbocycles. The third-order valence-corrected chi connectivity index (χ3v) is 0.872. The number of aliphatic hydroxyl groups is 1. The highest BCUT2D eigenvalue weighted by Crippen LogP contribution is 2.13. The van der Waals surface area contributed by atoms with Crippen molar-refractivity contribution in [2.24, 2.45) is 5.11 Å². The highest BCUT2D eigenvalue weighted by Gasteiger charge is 2.14. The first kappa shape index (κ1) is 8.01. The summed E-state index contributed by atoms with van der Waals surface area (Å²) in [6.07, 6.45) is 0. The molecule has 0 saturated carbocycles. The normalized spacial score (nSPS) is 10.1. The SMILES string of the molecule is C=C(N=[N+]=[N-])C(C)(C)O. The van der Waals surface area contributed by atoms with Crippen LogP contribution in [0, 0.1) is 0 Å². The van der Waals surface area contributed by atoms with E-state index < -0.39 is 5.60 Å². The maximum absolute atomic E-state index is 9.05. The highest BCUT2D eigenvalue weighted by molar-refractivity contribution is 5.05. The molecule has 0 aromatic rings. The van der Waals surface area contributed by atoms with Gasteiger partial charge in [-0.3, -0.25) is 0 Å². The van der Waals surface area contributed by atoms with Crippen LogP contribution in [0.3, 0.4) is 0 Å². The zero-order valence-electron chi connectivity index (χ0n) is 5.50. The summed E-state index contributed by atoms with van der Waals surface area (Å²) in [5.74, 6) is 0. The standard InChI is InChI=1S/C5H9N3O/c1-4(7-8-6)5(2,3)9/h9H,1H2,2-3H3. The quantitative estimate of drug-likeness (QED) is 0.341. The Hall–Kier alpha value is -0.990. The van der Waals surface area contributed by atoms with Crippen molar-refractivity contribution < 1.29 is 5.11 Å². The minimum absolute atomic E-state index is 0.130. The van der Waals surface area contributed by atoms with Gasteiger partial charge in [0.25, 0.3) is 0 Å². The van der Waals surface area contributed by atoms with Gasteiger partial charge in [0.1, 0.15) is 0 Å². The third kappa shape index (κ3) is 2.74. The van der Waals surface area contributed by atoms with Crippen LogP contribution < -0.4 is 0 Å². The molecule has 0 heterocycles. The van der Waals surface area contributed by atoms with E-state index in [1.807, 2.05) is 0 Å². The van der Waals surface area contributed by atoms with Crippen molar-refractivity contribution in [2.75, 3.05) is 0 Å². The monoisotopic (exact) mass is 127 g/mol. The molecule has 0 saturated heterocycles.